The first-order valence-electron chi connectivity index (χ1n) is 7.02. The summed E-state index contributed by atoms with van der Waals surface area (Å²) in [4.78, 5) is 9.25. The lowest BCUT2D eigenvalue weighted by molar-refractivity contribution is 0.807. The molecule has 1 aliphatic rings. The number of nitrogen functional groups attached to an aromatic ring is 1. The quantitative estimate of drug-likeness (QED) is 0.784. The largest absolute Gasteiger partial charge is 0.383 e. The van der Waals surface area contributed by atoms with E-state index in [1.807, 2.05) is 35.9 Å². The number of hydrogen-bond donors (Lipinski definition) is 1. The Morgan fingerprint density at radius 1 is 1.29 bits per heavy atom. The third-order valence-electron chi connectivity index (χ3n) is 4.09. The number of halogens is 1. The minimum absolute atomic E-state index is 0.553. The minimum atomic E-state index is 0.553. The Morgan fingerprint density at radius 3 is 2.86 bits per heavy atom. The summed E-state index contributed by atoms with van der Waals surface area (Å²) in [5.41, 5.74) is 8.86. The second-order valence-corrected chi connectivity index (χ2v) is 5.94. The molecule has 3 aromatic rings. The molecule has 0 spiro atoms. The third kappa shape index (κ3) is 1.90. The third-order valence-corrected chi connectivity index (χ3v) is 4.42. The average molecular weight is 299 g/mol. The Kier molecular flexibility index (Phi) is 2.69. The van der Waals surface area contributed by atoms with Crippen LogP contribution in [0.2, 0.25) is 5.02 Å². The van der Waals surface area contributed by atoms with Crippen molar-refractivity contribution in [3.63, 3.8) is 0 Å². The lowest BCUT2D eigenvalue weighted by Crippen LogP contribution is -2.00. The van der Waals surface area contributed by atoms with Crippen LogP contribution in [-0.4, -0.2) is 14.5 Å². The molecule has 2 N–H and O–H groups in total. The van der Waals surface area contributed by atoms with Crippen LogP contribution in [0.3, 0.4) is 0 Å². The van der Waals surface area contributed by atoms with Crippen LogP contribution in [-0.2, 0) is 7.05 Å². The van der Waals surface area contributed by atoms with Crippen LogP contribution in [0.4, 0.5) is 5.82 Å². The number of rotatable bonds is 2. The molecule has 2 heterocycles. The molecule has 5 heteroatoms. The molecule has 0 bridgehead atoms. The monoisotopic (exact) mass is 298 g/mol. The van der Waals surface area contributed by atoms with Crippen molar-refractivity contribution in [3.05, 3.63) is 41.3 Å². The van der Waals surface area contributed by atoms with Gasteiger partial charge < -0.3 is 10.3 Å². The van der Waals surface area contributed by atoms with Gasteiger partial charge in [0.1, 0.15) is 17.3 Å². The van der Waals surface area contributed by atoms with E-state index < -0.39 is 0 Å². The highest BCUT2D eigenvalue weighted by atomic mass is 35.5. The summed E-state index contributed by atoms with van der Waals surface area (Å²) in [6.07, 6.45) is 4.16. The Morgan fingerprint density at radius 2 is 2.10 bits per heavy atom. The van der Waals surface area contributed by atoms with Crippen LogP contribution in [0.15, 0.2) is 30.5 Å². The predicted octanol–water partition coefficient (Wildman–Crippen LogP) is 3.75. The molecule has 1 fully saturated rings. The first kappa shape index (κ1) is 12.7. The second kappa shape index (κ2) is 4.46. The van der Waals surface area contributed by atoms with Gasteiger partial charge in [0.15, 0.2) is 0 Å². The number of fused-ring (bicyclic) bond motifs is 1. The van der Waals surface area contributed by atoms with Gasteiger partial charge in [-0.25, -0.2) is 4.98 Å². The number of anilines is 1. The summed E-state index contributed by atoms with van der Waals surface area (Å²) in [5, 5.41) is 1.62. The van der Waals surface area contributed by atoms with E-state index in [0.717, 1.165) is 28.0 Å². The summed E-state index contributed by atoms with van der Waals surface area (Å²) < 4.78 is 2.00. The van der Waals surface area contributed by atoms with Crippen LogP contribution in [0, 0.1) is 0 Å². The Bertz CT molecular complexity index is 849. The lowest BCUT2D eigenvalue weighted by atomic mass is 10.1. The van der Waals surface area contributed by atoms with Gasteiger partial charge in [-0.2, -0.15) is 0 Å². The summed E-state index contributed by atoms with van der Waals surface area (Å²) >= 11 is 6.26. The van der Waals surface area contributed by atoms with Crippen molar-refractivity contribution >= 4 is 28.3 Å². The Hall–Kier alpha value is -2.07. The van der Waals surface area contributed by atoms with Crippen molar-refractivity contribution in [1.82, 2.24) is 14.5 Å². The van der Waals surface area contributed by atoms with E-state index >= 15 is 0 Å². The van der Waals surface area contributed by atoms with Crippen molar-refractivity contribution in [2.24, 2.45) is 7.05 Å². The lowest BCUT2D eigenvalue weighted by Gasteiger charge is -2.06. The number of imidazole rings is 1. The van der Waals surface area contributed by atoms with Crippen LogP contribution in [0.25, 0.3) is 22.2 Å². The zero-order chi connectivity index (χ0) is 14.6. The van der Waals surface area contributed by atoms with E-state index in [2.05, 4.69) is 4.98 Å². The molecule has 0 atom stereocenters. The first-order valence-corrected chi connectivity index (χ1v) is 7.40. The van der Waals surface area contributed by atoms with Crippen molar-refractivity contribution < 1.29 is 0 Å². The maximum Gasteiger partial charge on any atom is 0.131 e. The molecular weight excluding hydrogens is 284 g/mol. The van der Waals surface area contributed by atoms with E-state index in [-0.39, 0.29) is 0 Å². The van der Waals surface area contributed by atoms with Gasteiger partial charge >= 0.3 is 0 Å². The molecule has 4 nitrogen and oxygen atoms in total. The van der Waals surface area contributed by atoms with E-state index in [1.165, 1.54) is 12.8 Å². The number of nitrogens with two attached hydrogens (primary N) is 1. The zero-order valence-corrected chi connectivity index (χ0v) is 12.4. The normalized spacial score (nSPS) is 14.8. The summed E-state index contributed by atoms with van der Waals surface area (Å²) in [7, 11) is 1.98. The molecule has 1 aromatic carbocycles. The van der Waals surface area contributed by atoms with E-state index in [4.69, 9.17) is 22.3 Å². The molecule has 106 valence electrons. The SMILES string of the molecule is Cn1c(C2CC2)nc(-c2ccc(Cl)c3cccnc23)c1N. The van der Waals surface area contributed by atoms with Gasteiger partial charge in [0.05, 0.1) is 10.5 Å². The number of nitrogens with zero attached hydrogens (tertiary/aromatic N) is 3. The minimum Gasteiger partial charge on any atom is -0.383 e. The van der Waals surface area contributed by atoms with Crippen molar-refractivity contribution in [2.75, 3.05) is 5.73 Å². The van der Waals surface area contributed by atoms with Crippen molar-refractivity contribution in [3.8, 4) is 11.3 Å². The fourth-order valence-corrected chi connectivity index (χ4v) is 2.98. The fraction of sp³-hybridized carbons (Fsp3) is 0.250. The summed E-state index contributed by atoms with van der Waals surface area (Å²) in [6.45, 7) is 0. The standard InChI is InChI=1S/C16H15ClN4/c1-21-15(18)14(20-16(21)9-4-5-9)11-6-7-12(17)10-3-2-8-19-13(10)11/h2-3,6-9H,4-5,18H2,1H3. The van der Waals surface area contributed by atoms with Crippen LogP contribution in [0.5, 0.6) is 0 Å². The zero-order valence-electron chi connectivity index (χ0n) is 11.7. The second-order valence-electron chi connectivity index (χ2n) is 5.53. The molecule has 1 aliphatic carbocycles. The molecule has 0 aliphatic heterocycles. The highest BCUT2D eigenvalue weighted by molar-refractivity contribution is 6.35. The van der Waals surface area contributed by atoms with Crippen LogP contribution in [0.1, 0.15) is 24.6 Å². The smallest absolute Gasteiger partial charge is 0.131 e. The van der Waals surface area contributed by atoms with Crippen LogP contribution < -0.4 is 5.73 Å². The molecule has 21 heavy (non-hydrogen) atoms. The summed E-state index contributed by atoms with van der Waals surface area (Å²) in [6, 6.07) is 7.68. The first-order chi connectivity index (χ1) is 10.2. The highest BCUT2D eigenvalue weighted by Crippen LogP contribution is 2.42. The van der Waals surface area contributed by atoms with E-state index in [1.54, 1.807) is 6.20 Å². The average Bonchev–Trinajstić information content (AvgIpc) is 3.29. The maximum atomic E-state index is 6.27. The Labute approximate surface area is 127 Å². The van der Waals surface area contributed by atoms with Crippen molar-refractivity contribution in [1.29, 1.82) is 0 Å². The number of aromatic nitrogens is 3. The maximum absolute atomic E-state index is 6.27. The Balaban J connectivity index is 1.99. The molecule has 1 saturated carbocycles. The number of pyridine rings is 1. The van der Waals surface area contributed by atoms with Gasteiger partial charge in [0, 0.05) is 30.1 Å². The topological polar surface area (TPSA) is 56.7 Å². The fourth-order valence-electron chi connectivity index (χ4n) is 2.76. The molecule has 2 aromatic heterocycles. The molecule has 0 unspecified atom stereocenters. The van der Waals surface area contributed by atoms with Gasteiger partial charge in [0.2, 0.25) is 0 Å². The van der Waals surface area contributed by atoms with Gasteiger partial charge in [-0.3, -0.25) is 4.98 Å². The molecule has 4 rings (SSSR count). The number of benzene rings is 1. The molecular formula is C16H15ClN4. The number of hydrogen-bond acceptors (Lipinski definition) is 3. The van der Waals surface area contributed by atoms with Gasteiger partial charge in [-0.15, -0.1) is 0 Å². The van der Waals surface area contributed by atoms with E-state index in [9.17, 15) is 0 Å². The van der Waals surface area contributed by atoms with E-state index in [0.29, 0.717) is 16.8 Å². The molecule has 0 amide bonds. The molecule has 0 radical (unpaired) electrons. The van der Waals surface area contributed by atoms with Crippen LogP contribution >= 0.6 is 11.6 Å². The highest BCUT2D eigenvalue weighted by Gasteiger charge is 2.30. The van der Waals surface area contributed by atoms with Gasteiger partial charge in [0.25, 0.3) is 0 Å². The predicted molar refractivity (Wildman–Crippen MR) is 85.3 cm³/mol. The van der Waals surface area contributed by atoms with Gasteiger partial charge in [-0.05, 0) is 37.1 Å². The van der Waals surface area contributed by atoms with Crippen molar-refractivity contribution in [2.45, 2.75) is 18.8 Å². The van der Waals surface area contributed by atoms with Gasteiger partial charge in [-0.1, -0.05) is 11.6 Å². The summed E-state index contributed by atoms with van der Waals surface area (Å²) in [5.74, 6) is 2.31. The molecule has 0 saturated heterocycles.